The number of likely N-dealkylation sites (tertiary alicyclic amines) is 1. The molecule has 9 heteroatoms. The zero-order chi connectivity index (χ0) is 31.7. The summed E-state index contributed by atoms with van der Waals surface area (Å²) in [5.74, 6) is -3.20. The highest BCUT2D eigenvalue weighted by atomic mass is 16.6. The van der Waals surface area contributed by atoms with Crippen molar-refractivity contribution < 1.29 is 29.0 Å². The Labute approximate surface area is 256 Å². The summed E-state index contributed by atoms with van der Waals surface area (Å²) in [6.07, 6.45) is 4.28. The van der Waals surface area contributed by atoms with Crippen LogP contribution in [-0.4, -0.2) is 83.9 Å². The third kappa shape index (κ3) is 5.18. The van der Waals surface area contributed by atoms with Gasteiger partial charge in [0.05, 0.1) is 24.2 Å². The van der Waals surface area contributed by atoms with Crippen molar-refractivity contribution in [1.82, 2.24) is 4.90 Å². The Morgan fingerprint density at radius 1 is 1.16 bits per heavy atom. The third-order valence-corrected chi connectivity index (χ3v) is 10.3. The van der Waals surface area contributed by atoms with E-state index in [1.165, 1.54) is 6.08 Å². The van der Waals surface area contributed by atoms with Gasteiger partial charge in [0.25, 0.3) is 5.91 Å². The molecule has 2 bridgehead atoms. The summed E-state index contributed by atoms with van der Waals surface area (Å²) in [6, 6.07) is 6.14. The number of amides is 2. The van der Waals surface area contributed by atoms with E-state index in [4.69, 9.17) is 9.47 Å². The molecule has 0 saturated carbocycles. The molecular formula is C34H49N3O6. The van der Waals surface area contributed by atoms with Crippen molar-refractivity contribution in [3.63, 3.8) is 0 Å². The summed E-state index contributed by atoms with van der Waals surface area (Å²) in [6.45, 7) is 21.2. The third-order valence-electron chi connectivity index (χ3n) is 10.3. The maximum atomic E-state index is 14.9. The van der Waals surface area contributed by atoms with Gasteiger partial charge in [-0.25, -0.2) is 0 Å². The van der Waals surface area contributed by atoms with Crippen LogP contribution in [0.4, 0.5) is 11.4 Å². The molecule has 1 N–H and O–H groups in total. The topological polar surface area (TPSA) is 99.6 Å². The monoisotopic (exact) mass is 595 g/mol. The van der Waals surface area contributed by atoms with E-state index in [0.717, 1.165) is 18.8 Å². The first-order valence-corrected chi connectivity index (χ1v) is 15.7. The summed E-state index contributed by atoms with van der Waals surface area (Å²) in [7, 11) is 0. The summed E-state index contributed by atoms with van der Waals surface area (Å²) in [4.78, 5) is 48.4. The first-order valence-electron chi connectivity index (χ1n) is 15.7. The number of ether oxygens (including phenoxy) is 2. The van der Waals surface area contributed by atoms with Crippen molar-refractivity contribution in [2.24, 2.45) is 23.7 Å². The van der Waals surface area contributed by atoms with Gasteiger partial charge in [-0.05, 0) is 63.3 Å². The Bertz CT molecular complexity index is 1210. The Hall–Kier alpha value is -3.17. The predicted octanol–water partition coefficient (Wildman–Crippen LogP) is 4.20. The molecule has 3 unspecified atom stereocenters. The van der Waals surface area contributed by atoms with E-state index >= 15 is 0 Å². The van der Waals surface area contributed by atoms with Crippen LogP contribution < -0.4 is 9.80 Å². The molecule has 3 saturated heterocycles. The highest BCUT2D eigenvalue weighted by molar-refractivity contribution is 6.05. The van der Waals surface area contributed by atoms with Gasteiger partial charge in [0.15, 0.2) is 0 Å². The number of fused-ring (bicyclic) bond motifs is 1. The highest BCUT2D eigenvalue weighted by Crippen LogP contribution is 2.66. The molecule has 0 radical (unpaired) electrons. The van der Waals surface area contributed by atoms with Gasteiger partial charge in [-0.2, -0.15) is 0 Å². The lowest BCUT2D eigenvalue weighted by molar-refractivity contribution is -0.162. The number of rotatable bonds is 14. The molecule has 1 spiro atoms. The summed E-state index contributed by atoms with van der Waals surface area (Å²) >= 11 is 0. The lowest BCUT2D eigenvalue weighted by Crippen LogP contribution is -2.60. The second-order valence-electron chi connectivity index (χ2n) is 12.4. The van der Waals surface area contributed by atoms with E-state index in [0.29, 0.717) is 18.5 Å². The molecule has 9 nitrogen and oxygen atoms in total. The van der Waals surface area contributed by atoms with Crippen LogP contribution >= 0.6 is 0 Å². The number of carbonyl (C=O) groups excluding carboxylic acids is 3. The summed E-state index contributed by atoms with van der Waals surface area (Å²) < 4.78 is 12.3. The van der Waals surface area contributed by atoms with Crippen LogP contribution in [-0.2, 0) is 23.9 Å². The number of esters is 1. The minimum atomic E-state index is -1.25. The van der Waals surface area contributed by atoms with Crippen molar-refractivity contribution in [3.8, 4) is 0 Å². The van der Waals surface area contributed by atoms with Crippen molar-refractivity contribution in [2.45, 2.75) is 77.7 Å². The molecule has 1 aromatic carbocycles. The summed E-state index contributed by atoms with van der Waals surface area (Å²) in [5, 5.41) is 10.6. The van der Waals surface area contributed by atoms with E-state index in [9.17, 15) is 19.5 Å². The van der Waals surface area contributed by atoms with Crippen LogP contribution in [0.25, 0.3) is 0 Å². The molecule has 0 aromatic heterocycles. The van der Waals surface area contributed by atoms with Gasteiger partial charge in [-0.1, -0.05) is 45.9 Å². The quantitative estimate of drug-likeness (QED) is 0.254. The average molecular weight is 596 g/mol. The smallest absolute Gasteiger partial charge is 0.313 e. The molecular weight excluding hydrogens is 546 g/mol. The van der Waals surface area contributed by atoms with Crippen molar-refractivity contribution in [2.75, 3.05) is 42.6 Å². The largest absolute Gasteiger partial charge is 0.461 e. The van der Waals surface area contributed by atoms with Gasteiger partial charge in [0.2, 0.25) is 5.91 Å². The fourth-order valence-electron chi connectivity index (χ4n) is 7.75. The summed E-state index contributed by atoms with van der Waals surface area (Å²) in [5.41, 5.74) is -0.510. The Balaban J connectivity index is 1.85. The van der Waals surface area contributed by atoms with Crippen molar-refractivity contribution in [3.05, 3.63) is 49.6 Å². The van der Waals surface area contributed by atoms with E-state index in [-0.39, 0.29) is 43.4 Å². The number of carbonyl (C=O) groups is 3. The van der Waals surface area contributed by atoms with Crippen LogP contribution in [0.1, 0.15) is 54.4 Å². The molecule has 43 heavy (non-hydrogen) atoms. The van der Waals surface area contributed by atoms with Crippen LogP contribution in [0.15, 0.2) is 49.6 Å². The fraction of sp³-hybridized carbons (Fsp3) is 0.618. The number of aliphatic hydroxyl groups excluding tert-OH is 1. The van der Waals surface area contributed by atoms with E-state index in [1.807, 2.05) is 52.0 Å². The molecule has 236 valence electrons. The van der Waals surface area contributed by atoms with Gasteiger partial charge < -0.3 is 29.3 Å². The van der Waals surface area contributed by atoms with E-state index in [2.05, 4.69) is 31.9 Å². The molecule has 4 rings (SSSR count). The van der Waals surface area contributed by atoms with Crippen LogP contribution in [0.3, 0.4) is 0 Å². The zero-order valence-electron chi connectivity index (χ0n) is 26.6. The normalized spacial score (nSPS) is 30.5. The molecule has 1 aromatic rings. The first kappa shape index (κ1) is 32.7. The van der Waals surface area contributed by atoms with E-state index in [1.54, 1.807) is 15.9 Å². The number of benzene rings is 1. The van der Waals surface area contributed by atoms with Crippen LogP contribution in [0.5, 0.6) is 0 Å². The lowest BCUT2D eigenvalue weighted by Gasteiger charge is -2.41. The fourth-order valence-corrected chi connectivity index (χ4v) is 7.75. The standard InChI is InChI=1S/C34H49N3O6/c1-9-18-36(25-16-14-24(15-17-25)35(12-4)13-5)31(40)29-34-20-23(7)33(8,43-34)28(32(41)42-19-10-2)27(34)30(39)37(29)26(21-38)22(6)11-3/h9-10,14-17,22-23,26-29,38H,1-2,11-13,18-21H2,3-8H3/t22-,23?,26-,27-,28+,29?,33-,34?/m0/s1. The van der Waals surface area contributed by atoms with Gasteiger partial charge in [0, 0.05) is 31.0 Å². The van der Waals surface area contributed by atoms with Gasteiger partial charge in [0.1, 0.15) is 24.2 Å². The Morgan fingerprint density at radius 2 is 1.79 bits per heavy atom. The second kappa shape index (κ2) is 12.8. The number of aliphatic hydroxyl groups is 1. The zero-order valence-corrected chi connectivity index (χ0v) is 26.6. The first-order chi connectivity index (χ1) is 20.5. The second-order valence-corrected chi connectivity index (χ2v) is 12.4. The number of nitrogens with zero attached hydrogens (tertiary/aromatic N) is 3. The predicted molar refractivity (Wildman–Crippen MR) is 168 cm³/mol. The molecule has 2 amide bonds. The number of hydrogen-bond donors (Lipinski definition) is 1. The molecule has 8 atom stereocenters. The van der Waals surface area contributed by atoms with E-state index < -0.39 is 41.1 Å². The Morgan fingerprint density at radius 3 is 2.33 bits per heavy atom. The van der Waals surface area contributed by atoms with Crippen molar-refractivity contribution in [1.29, 1.82) is 0 Å². The van der Waals surface area contributed by atoms with Gasteiger partial charge >= 0.3 is 5.97 Å². The molecule has 0 aliphatic carbocycles. The number of anilines is 2. The lowest BCUT2D eigenvalue weighted by atomic mass is 9.62. The Kier molecular flexibility index (Phi) is 9.76. The van der Waals surface area contributed by atoms with Gasteiger partial charge in [-0.15, -0.1) is 6.58 Å². The van der Waals surface area contributed by atoms with Crippen molar-refractivity contribution >= 4 is 29.2 Å². The maximum Gasteiger partial charge on any atom is 0.313 e. The maximum absolute atomic E-state index is 14.9. The number of hydrogen-bond acceptors (Lipinski definition) is 7. The molecule has 3 aliphatic rings. The molecule has 3 aliphatic heterocycles. The minimum absolute atomic E-state index is 0.0164. The van der Waals surface area contributed by atoms with Crippen LogP contribution in [0.2, 0.25) is 0 Å². The average Bonchev–Trinajstić information content (AvgIpc) is 3.52. The highest BCUT2D eigenvalue weighted by Gasteiger charge is 2.81. The van der Waals surface area contributed by atoms with Crippen LogP contribution in [0, 0.1) is 23.7 Å². The minimum Gasteiger partial charge on any atom is -0.461 e. The van der Waals surface area contributed by atoms with Gasteiger partial charge in [-0.3, -0.25) is 14.4 Å². The molecule has 3 fully saturated rings. The SMILES string of the molecule is C=CCOC(=O)[C@H]1[C@H]2C(=O)N([C@@H](CO)[C@@H](C)CC)C(C(=O)N(CC=C)c3ccc(N(CC)CC)cc3)C23CC(C)[C@]1(C)O3. The molecule has 3 heterocycles.